The maximum Gasteiger partial charge on any atom is 0.337 e. The van der Waals surface area contributed by atoms with Crippen LogP contribution in [0.4, 0.5) is 5.69 Å². The van der Waals surface area contributed by atoms with Crippen molar-refractivity contribution in [2.75, 3.05) is 31.1 Å². The first-order valence-electron chi connectivity index (χ1n) is 20.2. The van der Waals surface area contributed by atoms with Crippen LogP contribution in [0, 0.1) is 19.3 Å². The monoisotopic (exact) mass is 764 g/mol. The van der Waals surface area contributed by atoms with Gasteiger partial charge in [-0.3, -0.25) is 9.88 Å². The van der Waals surface area contributed by atoms with Gasteiger partial charge in [0.1, 0.15) is 0 Å². The van der Waals surface area contributed by atoms with Crippen LogP contribution in [0.1, 0.15) is 111 Å². The third-order valence-electron chi connectivity index (χ3n) is 11.4. The number of benzene rings is 3. The first kappa shape index (κ1) is 40.9. The van der Waals surface area contributed by atoms with E-state index in [9.17, 15) is 9.90 Å². The molecule has 0 saturated carbocycles. The molecule has 1 atom stereocenters. The van der Waals surface area contributed by atoms with Gasteiger partial charge < -0.3 is 20.1 Å². The number of nitrogens with zero attached hydrogens (tertiary/aromatic N) is 3. The molecular weight excluding hydrogens is 704 g/mol. The average molecular weight is 765 g/mol. The van der Waals surface area contributed by atoms with E-state index in [0.29, 0.717) is 17.8 Å². The molecule has 7 nitrogen and oxygen atoms in total. The largest absolute Gasteiger partial charge is 0.479 e. The summed E-state index contributed by atoms with van der Waals surface area (Å²) in [5, 5.41) is 15.3. The molecule has 6 rings (SSSR count). The summed E-state index contributed by atoms with van der Waals surface area (Å²) in [5.41, 5.74) is 11.4. The minimum absolute atomic E-state index is 0.220. The number of carboxylic acid groups (broad SMARTS) is 1. The molecule has 0 spiro atoms. The van der Waals surface area contributed by atoms with Gasteiger partial charge >= 0.3 is 5.97 Å². The molecule has 0 radical (unpaired) electrons. The third-order valence-corrected chi connectivity index (χ3v) is 11.7. The standard InChI is InChI=1S/C47H61ClN4O3/c1-32-14-13-18-39(48)38(32)31-51-25-21-35-28-36(19-20-37(35)30-51)42-40(29-49-24-12-11-17-34-15-9-8-10-16-34)50-33(2)41(44(45(53)54)55-46(3,4)5)43(42)52-26-22-47(6,7)23-27-52/h8-10,13-16,18-20,28,44,49H,11-12,17,21-27,29-31H2,1-7H3,(H,53,54). The van der Waals surface area contributed by atoms with Crippen molar-refractivity contribution in [1.82, 2.24) is 15.2 Å². The van der Waals surface area contributed by atoms with Crippen molar-refractivity contribution in [3.05, 3.63) is 117 Å². The van der Waals surface area contributed by atoms with E-state index in [0.717, 1.165) is 105 Å². The van der Waals surface area contributed by atoms with Gasteiger partial charge in [-0.1, -0.05) is 86.1 Å². The smallest absolute Gasteiger partial charge is 0.337 e. The van der Waals surface area contributed by atoms with Gasteiger partial charge in [0.25, 0.3) is 0 Å². The van der Waals surface area contributed by atoms with E-state index < -0.39 is 17.7 Å². The predicted molar refractivity (Wildman–Crippen MR) is 226 cm³/mol. The fourth-order valence-corrected chi connectivity index (χ4v) is 8.46. The first-order valence-corrected chi connectivity index (χ1v) is 20.6. The number of unbranched alkanes of at least 4 members (excludes halogenated alkanes) is 1. The molecule has 294 valence electrons. The highest BCUT2D eigenvalue weighted by molar-refractivity contribution is 6.31. The summed E-state index contributed by atoms with van der Waals surface area (Å²) in [6.45, 7) is 20.3. The Kier molecular flexibility index (Phi) is 13.1. The van der Waals surface area contributed by atoms with Crippen LogP contribution < -0.4 is 10.2 Å². The van der Waals surface area contributed by atoms with E-state index >= 15 is 0 Å². The number of hydrogen-bond donors (Lipinski definition) is 2. The lowest BCUT2D eigenvalue weighted by Gasteiger charge is -2.41. The van der Waals surface area contributed by atoms with Gasteiger partial charge in [0.05, 0.1) is 17.0 Å². The topological polar surface area (TPSA) is 77.9 Å². The molecule has 1 unspecified atom stereocenters. The zero-order valence-corrected chi connectivity index (χ0v) is 34.9. The lowest BCUT2D eigenvalue weighted by Crippen LogP contribution is -2.39. The molecule has 2 aliphatic rings. The molecule has 0 bridgehead atoms. The second kappa shape index (κ2) is 17.6. The minimum atomic E-state index is -1.16. The second-order valence-electron chi connectivity index (χ2n) is 17.5. The van der Waals surface area contributed by atoms with Crippen LogP contribution in [-0.4, -0.2) is 52.7 Å². The molecule has 3 heterocycles. The number of fused-ring (bicyclic) bond motifs is 1. The Morgan fingerprint density at radius 1 is 0.982 bits per heavy atom. The SMILES string of the molecule is Cc1cccc(Cl)c1CN1CCc2cc(-c3c(CNCCCCc4ccccc4)nc(C)c(C(OC(C)(C)C)C(=O)O)c3N3CCC(C)(C)CC3)ccc2C1. The summed E-state index contributed by atoms with van der Waals surface area (Å²) in [5.74, 6) is -0.993. The Morgan fingerprint density at radius 3 is 2.42 bits per heavy atom. The number of nitrogens with one attached hydrogen (secondary N) is 1. The summed E-state index contributed by atoms with van der Waals surface area (Å²) < 4.78 is 6.40. The van der Waals surface area contributed by atoms with E-state index in [4.69, 9.17) is 21.3 Å². The number of pyridine rings is 1. The van der Waals surface area contributed by atoms with Crippen molar-refractivity contribution in [2.45, 2.75) is 118 Å². The van der Waals surface area contributed by atoms with Gasteiger partial charge in [-0.2, -0.15) is 0 Å². The van der Waals surface area contributed by atoms with Gasteiger partial charge in [-0.15, -0.1) is 0 Å². The third kappa shape index (κ3) is 10.4. The van der Waals surface area contributed by atoms with Crippen molar-refractivity contribution in [3.63, 3.8) is 0 Å². The molecule has 2 aliphatic heterocycles. The molecule has 0 amide bonds. The van der Waals surface area contributed by atoms with E-state index in [1.54, 1.807) is 0 Å². The van der Waals surface area contributed by atoms with Crippen molar-refractivity contribution in [2.24, 2.45) is 5.41 Å². The van der Waals surface area contributed by atoms with E-state index in [2.05, 4.69) is 90.5 Å². The molecule has 0 aliphatic carbocycles. The van der Waals surface area contributed by atoms with Crippen molar-refractivity contribution < 1.29 is 14.6 Å². The molecule has 3 aromatic carbocycles. The number of anilines is 1. The van der Waals surface area contributed by atoms with Crippen molar-refractivity contribution in [3.8, 4) is 11.1 Å². The Morgan fingerprint density at radius 2 is 1.73 bits per heavy atom. The first-order chi connectivity index (χ1) is 26.2. The van der Waals surface area contributed by atoms with E-state index in [1.165, 1.54) is 27.8 Å². The summed E-state index contributed by atoms with van der Waals surface area (Å²) in [6.07, 6.45) is 5.02. The molecule has 4 aromatic rings. The molecule has 1 aromatic heterocycles. The normalized spacial score (nSPS) is 16.5. The second-order valence-corrected chi connectivity index (χ2v) is 17.9. The van der Waals surface area contributed by atoms with Crippen LogP contribution in [0.2, 0.25) is 5.02 Å². The maximum absolute atomic E-state index is 13.2. The van der Waals surface area contributed by atoms with Gasteiger partial charge in [0.2, 0.25) is 0 Å². The lowest BCUT2D eigenvalue weighted by molar-refractivity contribution is -0.160. The number of aliphatic carboxylic acids is 1. The fraction of sp³-hybridized carbons (Fsp3) is 0.489. The van der Waals surface area contributed by atoms with Crippen LogP contribution in [0.5, 0.6) is 0 Å². The maximum atomic E-state index is 13.2. The van der Waals surface area contributed by atoms with Crippen LogP contribution in [-0.2, 0) is 42.0 Å². The number of rotatable bonds is 14. The fourth-order valence-electron chi connectivity index (χ4n) is 8.18. The molecule has 1 fully saturated rings. The summed E-state index contributed by atoms with van der Waals surface area (Å²) >= 11 is 6.65. The van der Waals surface area contributed by atoms with Gasteiger partial charge in [-0.05, 0) is 125 Å². The summed E-state index contributed by atoms with van der Waals surface area (Å²) in [6, 6.07) is 23.7. The summed E-state index contributed by atoms with van der Waals surface area (Å²) in [7, 11) is 0. The zero-order chi connectivity index (χ0) is 39.3. The van der Waals surface area contributed by atoms with Gasteiger partial charge in [-0.25, -0.2) is 4.79 Å². The number of carboxylic acids is 1. The minimum Gasteiger partial charge on any atom is -0.479 e. The Labute approximate surface area is 334 Å². The highest BCUT2D eigenvalue weighted by atomic mass is 35.5. The lowest BCUT2D eigenvalue weighted by atomic mass is 9.81. The Hall–Kier alpha value is -3.75. The zero-order valence-electron chi connectivity index (χ0n) is 34.1. The molecule has 2 N–H and O–H groups in total. The van der Waals surface area contributed by atoms with Crippen LogP contribution in [0.25, 0.3) is 11.1 Å². The molecule has 1 saturated heterocycles. The highest BCUT2D eigenvalue weighted by Gasteiger charge is 2.37. The van der Waals surface area contributed by atoms with E-state index in [-0.39, 0.29) is 5.41 Å². The highest BCUT2D eigenvalue weighted by Crippen LogP contribution is 2.45. The Balaban J connectivity index is 1.38. The summed E-state index contributed by atoms with van der Waals surface area (Å²) in [4.78, 5) is 23.4. The van der Waals surface area contributed by atoms with Crippen molar-refractivity contribution >= 4 is 23.3 Å². The number of hydrogen-bond acceptors (Lipinski definition) is 6. The number of piperidine rings is 1. The number of aryl methyl sites for hydroxylation is 3. The molecule has 8 heteroatoms. The quantitative estimate of drug-likeness (QED) is 0.124. The number of aromatic nitrogens is 1. The van der Waals surface area contributed by atoms with Crippen molar-refractivity contribution in [1.29, 1.82) is 0 Å². The average Bonchev–Trinajstić information content (AvgIpc) is 3.13. The molecule has 55 heavy (non-hydrogen) atoms. The van der Waals surface area contributed by atoms with Crippen LogP contribution in [0.15, 0.2) is 66.7 Å². The van der Waals surface area contributed by atoms with Gasteiger partial charge in [0, 0.05) is 61.1 Å². The number of halogens is 1. The van der Waals surface area contributed by atoms with Crippen LogP contribution in [0.3, 0.4) is 0 Å². The number of carbonyl (C=O) groups is 1. The van der Waals surface area contributed by atoms with E-state index in [1.807, 2.05) is 39.8 Å². The number of ether oxygens (including phenoxy) is 1. The molecular formula is C47H61ClN4O3. The Bertz CT molecular complexity index is 1920. The predicted octanol–water partition coefficient (Wildman–Crippen LogP) is 10.3. The van der Waals surface area contributed by atoms with Gasteiger partial charge in [0.15, 0.2) is 6.10 Å². The van der Waals surface area contributed by atoms with Crippen LogP contribution >= 0.6 is 11.6 Å².